The smallest absolute Gasteiger partial charge is 0.328 e. The van der Waals surface area contributed by atoms with Crippen molar-refractivity contribution in [2.24, 2.45) is 10.2 Å². The van der Waals surface area contributed by atoms with E-state index in [1.165, 1.54) is 12.1 Å². The van der Waals surface area contributed by atoms with E-state index in [-0.39, 0.29) is 11.4 Å². The lowest BCUT2D eigenvalue weighted by atomic mass is 10.2. The zero-order chi connectivity index (χ0) is 15.6. The minimum atomic E-state index is -0.962. The van der Waals surface area contributed by atoms with Gasteiger partial charge in [0.2, 0.25) is 11.6 Å². The molecule has 0 fully saturated rings. The standard InChI is InChI=1S/C11H9N5O5/c1-5-3-2-4-6(16(20)21)7(5)14-15-8-9(17)12-11(19)13-10(8)18/h2-4H,1H3,(H3,12,13,17,18,19). The number of aryl methyl sites for hydroxylation is 1. The minimum absolute atomic E-state index is 0.0486. The number of aromatic nitrogens is 2. The highest BCUT2D eigenvalue weighted by Crippen LogP contribution is 2.32. The van der Waals surface area contributed by atoms with Crippen LogP contribution in [0.3, 0.4) is 0 Å². The van der Waals surface area contributed by atoms with Crippen LogP contribution in [0.25, 0.3) is 0 Å². The van der Waals surface area contributed by atoms with Crippen molar-refractivity contribution in [3.8, 4) is 5.88 Å². The molecule has 1 heterocycles. The van der Waals surface area contributed by atoms with E-state index in [0.717, 1.165) is 0 Å². The normalized spacial score (nSPS) is 10.9. The zero-order valence-corrected chi connectivity index (χ0v) is 10.7. The molecule has 1 aromatic carbocycles. The van der Waals surface area contributed by atoms with Gasteiger partial charge in [-0.1, -0.05) is 12.1 Å². The van der Waals surface area contributed by atoms with Crippen LogP contribution in [0.4, 0.5) is 17.1 Å². The third kappa shape index (κ3) is 2.83. The van der Waals surface area contributed by atoms with Gasteiger partial charge in [-0.25, -0.2) is 4.79 Å². The molecule has 0 saturated carbocycles. The number of aromatic hydroxyl groups is 1. The lowest BCUT2D eigenvalue weighted by Crippen LogP contribution is -2.20. The van der Waals surface area contributed by atoms with Crippen LogP contribution in [0.5, 0.6) is 5.88 Å². The number of aromatic amines is 2. The summed E-state index contributed by atoms with van der Waals surface area (Å²) < 4.78 is 0. The Kier molecular flexibility index (Phi) is 3.61. The molecule has 2 rings (SSSR count). The van der Waals surface area contributed by atoms with Gasteiger partial charge in [0.15, 0.2) is 5.69 Å². The molecular formula is C11H9N5O5. The first kappa shape index (κ1) is 14.1. The van der Waals surface area contributed by atoms with Gasteiger partial charge in [-0.05, 0) is 12.5 Å². The number of rotatable bonds is 3. The molecule has 0 radical (unpaired) electrons. The molecule has 10 heteroatoms. The van der Waals surface area contributed by atoms with Crippen molar-refractivity contribution in [3.63, 3.8) is 0 Å². The summed E-state index contributed by atoms with van der Waals surface area (Å²) in [5.74, 6) is -0.774. The van der Waals surface area contributed by atoms with Gasteiger partial charge in [0.05, 0.1) is 4.92 Å². The summed E-state index contributed by atoms with van der Waals surface area (Å²) in [6, 6.07) is 4.30. The van der Waals surface area contributed by atoms with Gasteiger partial charge < -0.3 is 5.11 Å². The molecule has 0 unspecified atom stereocenters. The van der Waals surface area contributed by atoms with Gasteiger partial charge in [0, 0.05) is 6.07 Å². The summed E-state index contributed by atoms with van der Waals surface area (Å²) in [6.07, 6.45) is 0. The van der Waals surface area contributed by atoms with Gasteiger partial charge >= 0.3 is 5.69 Å². The van der Waals surface area contributed by atoms with Crippen LogP contribution in [0.15, 0.2) is 38.0 Å². The quantitative estimate of drug-likeness (QED) is 0.443. The summed E-state index contributed by atoms with van der Waals surface area (Å²) in [7, 11) is 0. The van der Waals surface area contributed by atoms with Gasteiger partial charge in [0.25, 0.3) is 11.2 Å². The second-order valence-electron chi connectivity index (χ2n) is 4.01. The number of hydrogen-bond donors (Lipinski definition) is 3. The number of benzene rings is 1. The van der Waals surface area contributed by atoms with Crippen molar-refractivity contribution in [2.45, 2.75) is 6.92 Å². The highest BCUT2D eigenvalue weighted by atomic mass is 16.6. The number of azo groups is 1. The van der Waals surface area contributed by atoms with Gasteiger partial charge in [-0.15, -0.1) is 10.2 Å². The van der Waals surface area contributed by atoms with Crippen molar-refractivity contribution >= 4 is 17.1 Å². The van der Waals surface area contributed by atoms with E-state index >= 15 is 0 Å². The van der Waals surface area contributed by atoms with E-state index in [1.54, 1.807) is 13.0 Å². The Morgan fingerprint density at radius 3 is 2.48 bits per heavy atom. The first-order valence-corrected chi connectivity index (χ1v) is 5.61. The number of hydrogen-bond acceptors (Lipinski definition) is 7. The monoisotopic (exact) mass is 291 g/mol. The molecule has 0 saturated heterocycles. The maximum Gasteiger partial charge on any atom is 0.328 e. The summed E-state index contributed by atoms with van der Waals surface area (Å²) >= 11 is 0. The molecule has 0 atom stereocenters. The van der Waals surface area contributed by atoms with Crippen molar-refractivity contribution in [1.82, 2.24) is 9.97 Å². The third-order valence-corrected chi connectivity index (χ3v) is 2.56. The van der Waals surface area contributed by atoms with E-state index in [4.69, 9.17) is 0 Å². The topological polar surface area (TPSA) is 154 Å². The number of H-pyrrole nitrogens is 2. The van der Waals surface area contributed by atoms with Crippen LogP contribution in [-0.4, -0.2) is 20.0 Å². The van der Waals surface area contributed by atoms with E-state index < -0.39 is 27.7 Å². The zero-order valence-electron chi connectivity index (χ0n) is 10.7. The number of nitro benzene ring substituents is 1. The predicted molar refractivity (Wildman–Crippen MR) is 71.4 cm³/mol. The van der Waals surface area contributed by atoms with Gasteiger partial charge in [-0.2, -0.15) is 0 Å². The largest absolute Gasteiger partial charge is 0.493 e. The van der Waals surface area contributed by atoms with Crippen LogP contribution in [0.2, 0.25) is 0 Å². The lowest BCUT2D eigenvalue weighted by Gasteiger charge is -2.00. The first-order valence-electron chi connectivity index (χ1n) is 5.61. The maximum atomic E-state index is 11.5. The molecule has 2 aromatic rings. The molecule has 0 bridgehead atoms. The van der Waals surface area contributed by atoms with Crippen LogP contribution in [-0.2, 0) is 0 Å². The molecule has 108 valence electrons. The van der Waals surface area contributed by atoms with Crippen molar-refractivity contribution in [2.75, 3.05) is 0 Å². The first-order chi connectivity index (χ1) is 9.90. The fourth-order valence-corrected chi connectivity index (χ4v) is 1.58. The second kappa shape index (κ2) is 5.36. The van der Waals surface area contributed by atoms with E-state index in [9.17, 15) is 24.8 Å². The second-order valence-corrected chi connectivity index (χ2v) is 4.01. The molecule has 0 amide bonds. The SMILES string of the molecule is Cc1cccc([N+](=O)[O-])c1N=Nc1c(O)[nH]c(=O)[nH]c1=O. The van der Waals surface area contributed by atoms with E-state index in [0.29, 0.717) is 5.56 Å². The van der Waals surface area contributed by atoms with Crippen molar-refractivity contribution in [1.29, 1.82) is 0 Å². The molecule has 0 spiro atoms. The Morgan fingerprint density at radius 1 is 1.19 bits per heavy atom. The highest BCUT2D eigenvalue weighted by molar-refractivity contribution is 5.61. The highest BCUT2D eigenvalue weighted by Gasteiger charge is 2.16. The number of nitrogens with one attached hydrogen (secondary N) is 2. The third-order valence-electron chi connectivity index (χ3n) is 2.56. The van der Waals surface area contributed by atoms with E-state index in [2.05, 4.69) is 10.2 Å². The van der Waals surface area contributed by atoms with Crippen LogP contribution < -0.4 is 11.2 Å². The Balaban J connectivity index is 2.56. The van der Waals surface area contributed by atoms with Gasteiger partial charge in [-0.3, -0.25) is 24.9 Å². The Bertz CT molecular complexity index is 851. The van der Waals surface area contributed by atoms with E-state index in [1.807, 2.05) is 9.97 Å². The lowest BCUT2D eigenvalue weighted by molar-refractivity contribution is -0.384. The average molecular weight is 291 g/mol. The molecular weight excluding hydrogens is 282 g/mol. The summed E-state index contributed by atoms with van der Waals surface area (Å²) in [5.41, 5.74) is -2.29. The Morgan fingerprint density at radius 2 is 1.86 bits per heavy atom. The average Bonchev–Trinajstić information content (AvgIpc) is 2.38. The molecule has 0 aliphatic carbocycles. The summed E-state index contributed by atoms with van der Waals surface area (Å²) in [4.78, 5) is 36.4. The minimum Gasteiger partial charge on any atom is -0.493 e. The van der Waals surface area contributed by atoms with Crippen molar-refractivity contribution < 1.29 is 10.0 Å². The fourth-order valence-electron chi connectivity index (χ4n) is 1.58. The number of nitrogens with zero attached hydrogens (tertiary/aromatic N) is 3. The molecule has 3 N–H and O–H groups in total. The van der Waals surface area contributed by atoms with Crippen LogP contribution >= 0.6 is 0 Å². The van der Waals surface area contributed by atoms with Crippen LogP contribution in [0, 0.1) is 17.0 Å². The molecule has 10 nitrogen and oxygen atoms in total. The molecule has 21 heavy (non-hydrogen) atoms. The summed E-state index contributed by atoms with van der Waals surface area (Å²) in [5, 5.41) is 27.4. The predicted octanol–water partition coefficient (Wildman–Crippen LogP) is 1.40. The Labute approximate surface area is 116 Å². The Hall–Kier alpha value is -3.30. The summed E-state index contributed by atoms with van der Waals surface area (Å²) in [6.45, 7) is 1.58. The molecule has 0 aliphatic heterocycles. The van der Waals surface area contributed by atoms with Crippen molar-refractivity contribution in [3.05, 3.63) is 54.7 Å². The number of nitro groups is 1. The fraction of sp³-hybridized carbons (Fsp3) is 0.0909. The maximum absolute atomic E-state index is 11.5. The van der Waals surface area contributed by atoms with Gasteiger partial charge in [0.1, 0.15) is 0 Å². The van der Waals surface area contributed by atoms with Crippen LogP contribution in [0.1, 0.15) is 5.56 Å². The molecule has 0 aliphatic rings. The molecule has 1 aromatic heterocycles.